The van der Waals surface area contributed by atoms with Crippen molar-refractivity contribution >= 4 is 17.5 Å². The zero-order valence-corrected chi connectivity index (χ0v) is 14.6. The van der Waals surface area contributed by atoms with Crippen LogP contribution in [0.15, 0.2) is 71.3 Å². The van der Waals surface area contributed by atoms with E-state index in [1.165, 1.54) is 0 Å². The van der Waals surface area contributed by atoms with Gasteiger partial charge in [-0.1, -0.05) is 35.9 Å². The summed E-state index contributed by atoms with van der Waals surface area (Å²) in [5.41, 5.74) is 1.44. The van der Waals surface area contributed by atoms with E-state index >= 15 is 0 Å². The van der Waals surface area contributed by atoms with E-state index in [1.807, 2.05) is 36.4 Å². The monoisotopic (exact) mass is 355 g/mol. The van der Waals surface area contributed by atoms with Gasteiger partial charge in [0.15, 0.2) is 0 Å². The maximum atomic E-state index is 13.0. The Balaban J connectivity index is 1.89. The molecular formula is C20H18ClNO3. The molecule has 128 valence electrons. The Kier molecular flexibility index (Phi) is 5.41. The van der Waals surface area contributed by atoms with Crippen LogP contribution in [-0.2, 0) is 13.1 Å². The highest BCUT2D eigenvalue weighted by molar-refractivity contribution is 6.31. The molecule has 0 radical (unpaired) electrons. The van der Waals surface area contributed by atoms with E-state index in [4.69, 9.17) is 20.8 Å². The zero-order valence-electron chi connectivity index (χ0n) is 13.8. The number of rotatable bonds is 6. The highest BCUT2D eigenvalue weighted by atomic mass is 35.5. The first kappa shape index (κ1) is 17.1. The van der Waals surface area contributed by atoms with Gasteiger partial charge in [-0.3, -0.25) is 4.79 Å². The molecule has 0 atom stereocenters. The van der Waals surface area contributed by atoms with Crippen molar-refractivity contribution in [3.05, 3.63) is 88.8 Å². The fourth-order valence-corrected chi connectivity index (χ4v) is 2.76. The molecule has 0 spiro atoms. The summed E-state index contributed by atoms with van der Waals surface area (Å²) in [5, 5.41) is 0.630. The standard InChI is InChI=1S/C20H18ClNO3/c1-24-17-8-4-7-15(12-17)20(23)22(14-18-9-5-11-25-18)13-16-6-2-3-10-19(16)21/h2-12H,13-14H2,1H3. The largest absolute Gasteiger partial charge is 0.497 e. The minimum atomic E-state index is -0.116. The van der Waals surface area contributed by atoms with Crippen molar-refractivity contribution in [1.29, 1.82) is 0 Å². The molecule has 4 nitrogen and oxygen atoms in total. The smallest absolute Gasteiger partial charge is 0.254 e. The highest BCUT2D eigenvalue weighted by Crippen LogP contribution is 2.21. The zero-order chi connectivity index (χ0) is 17.6. The van der Waals surface area contributed by atoms with Crippen molar-refractivity contribution in [1.82, 2.24) is 4.90 Å². The molecule has 0 bridgehead atoms. The van der Waals surface area contributed by atoms with E-state index in [1.54, 1.807) is 42.5 Å². The summed E-state index contributed by atoms with van der Waals surface area (Å²) in [4.78, 5) is 14.7. The first-order chi connectivity index (χ1) is 12.2. The van der Waals surface area contributed by atoms with Crippen molar-refractivity contribution in [2.45, 2.75) is 13.1 Å². The molecule has 0 unspecified atom stereocenters. The Morgan fingerprint density at radius 3 is 2.64 bits per heavy atom. The second kappa shape index (κ2) is 7.90. The van der Waals surface area contributed by atoms with Gasteiger partial charge in [0.25, 0.3) is 5.91 Å². The molecule has 0 aliphatic rings. The summed E-state index contributed by atoms with van der Waals surface area (Å²) in [6, 6.07) is 18.3. The van der Waals surface area contributed by atoms with Crippen LogP contribution in [0.5, 0.6) is 5.75 Å². The van der Waals surface area contributed by atoms with Gasteiger partial charge in [-0.05, 0) is 42.0 Å². The lowest BCUT2D eigenvalue weighted by Gasteiger charge is -2.22. The van der Waals surface area contributed by atoms with E-state index < -0.39 is 0 Å². The number of amides is 1. The number of halogens is 1. The second-order valence-corrected chi connectivity index (χ2v) is 5.97. The Morgan fingerprint density at radius 2 is 1.92 bits per heavy atom. The van der Waals surface area contributed by atoms with E-state index in [0.29, 0.717) is 35.2 Å². The van der Waals surface area contributed by atoms with E-state index in [2.05, 4.69) is 0 Å². The highest BCUT2D eigenvalue weighted by Gasteiger charge is 2.19. The van der Waals surface area contributed by atoms with Crippen molar-refractivity contribution in [2.24, 2.45) is 0 Å². The van der Waals surface area contributed by atoms with Crippen LogP contribution < -0.4 is 4.74 Å². The van der Waals surface area contributed by atoms with Crippen LogP contribution >= 0.6 is 11.6 Å². The Morgan fingerprint density at radius 1 is 1.08 bits per heavy atom. The van der Waals surface area contributed by atoms with Gasteiger partial charge in [-0.2, -0.15) is 0 Å². The molecule has 1 aromatic heterocycles. The summed E-state index contributed by atoms with van der Waals surface area (Å²) in [6.07, 6.45) is 1.60. The second-order valence-electron chi connectivity index (χ2n) is 5.56. The molecule has 3 aromatic rings. The average Bonchev–Trinajstić information content (AvgIpc) is 3.15. The average molecular weight is 356 g/mol. The number of furan rings is 1. The molecule has 1 heterocycles. The van der Waals surface area contributed by atoms with Gasteiger partial charge in [0.1, 0.15) is 11.5 Å². The molecule has 1 amide bonds. The number of carbonyl (C=O) groups is 1. The molecule has 2 aromatic carbocycles. The number of nitrogens with zero attached hydrogens (tertiary/aromatic N) is 1. The van der Waals surface area contributed by atoms with Gasteiger partial charge in [0.2, 0.25) is 0 Å². The third-order valence-corrected chi connectivity index (χ3v) is 4.22. The molecule has 0 aliphatic heterocycles. The number of methoxy groups -OCH3 is 1. The van der Waals surface area contributed by atoms with Crippen LogP contribution in [0.4, 0.5) is 0 Å². The number of ether oxygens (including phenoxy) is 1. The lowest BCUT2D eigenvalue weighted by atomic mass is 10.1. The van der Waals surface area contributed by atoms with Gasteiger partial charge in [0, 0.05) is 17.1 Å². The van der Waals surface area contributed by atoms with Gasteiger partial charge in [0.05, 0.1) is 19.9 Å². The quantitative estimate of drug-likeness (QED) is 0.638. The van der Waals surface area contributed by atoms with Crippen LogP contribution in [0.25, 0.3) is 0 Å². The van der Waals surface area contributed by atoms with Crippen molar-refractivity contribution < 1.29 is 13.9 Å². The maximum absolute atomic E-state index is 13.0. The fourth-order valence-electron chi connectivity index (χ4n) is 2.56. The minimum absolute atomic E-state index is 0.116. The molecule has 5 heteroatoms. The molecule has 0 N–H and O–H groups in total. The predicted molar refractivity (Wildman–Crippen MR) is 96.7 cm³/mol. The molecule has 0 saturated carbocycles. The van der Waals surface area contributed by atoms with Crippen LogP contribution in [0.3, 0.4) is 0 Å². The topological polar surface area (TPSA) is 42.7 Å². The first-order valence-electron chi connectivity index (χ1n) is 7.86. The van der Waals surface area contributed by atoms with Crippen molar-refractivity contribution in [2.75, 3.05) is 7.11 Å². The first-order valence-corrected chi connectivity index (χ1v) is 8.24. The van der Waals surface area contributed by atoms with Crippen LogP contribution in [-0.4, -0.2) is 17.9 Å². The molecular weight excluding hydrogens is 338 g/mol. The lowest BCUT2D eigenvalue weighted by Crippen LogP contribution is -2.30. The maximum Gasteiger partial charge on any atom is 0.254 e. The third kappa shape index (κ3) is 4.22. The van der Waals surface area contributed by atoms with E-state index in [0.717, 1.165) is 5.56 Å². The van der Waals surface area contributed by atoms with Gasteiger partial charge in [-0.15, -0.1) is 0 Å². The SMILES string of the molecule is COc1cccc(C(=O)N(Cc2ccco2)Cc2ccccc2Cl)c1. The van der Waals surface area contributed by atoms with Crippen LogP contribution in [0, 0.1) is 0 Å². The number of hydrogen-bond donors (Lipinski definition) is 0. The summed E-state index contributed by atoms with van der Waals surface area (Å²) in [5.74, 6) is 1.24. The number of carbonyl (C=O) groups excluding carboxylic acids is 1. The summed E-state index contributed by atoms with van der Waals surface area (Å²) >= 11 is 6.27. The van der Waals surface area contributed by atoms with Gasteiger partial charge >= 0.3 is 0 Å². The Hall–Kier alpha value is -2.72. The predicted octanol–water partition coefficient (Wildman–Crippen LogP) is 4.78. The molecule has 3 rings (SSSR count). The summed E-state index contributed by atoms with van der Waals surface area (Å²) < 4.78 is 10.6. The molecule has 0 saturated heterocycles. The molecule has 0 fully saturated rings. The number of benzene rings is 2. The lowest BCUT2D eigenvalue weighted by molar-refractivity contribution is 0.0717. The third-order valence-electron chi connectivity index (χ3n) is 3.85. The number of hydrogen-bond acceptors (Lipinski definition) is 3. The Labute approximate surface area is 151 Å². The van der Waals surface area contributed by atoms with Gasteiger partial charge in [-0.25, -0.2) is 0 Å². The normalized spacial score (nSPS) is 10.5. The summed E-state index contributed by atoms with van der Waals surface area (Å²) in [6.45, 7) is 0.741. The Bertz CT molecular complexity index is 846. The van der Waals surface area contributed by atoms with Crippen molar-refractivity contribution in [3.63, 3.8) is 0 Å². The van der Waals surface area contributed by atoms with E-state index in [9.17, 15) is 4.79 Å². The summed E-state index contributed by atoms with van der Waals surface area (Å²) in [7, 11) is 1.58. The molecule has 25 heavy (non-hydrogen) atoms. The van der Waals surface area contributed by atoms with Crippen molar-refractivity contribution in [3.8, 4) is 5.75 Å². The minimum Gasteiger partial charge on any atom is -0.497 e. The molecule has 0 aliphatic carbocycles. The van der Waals surface area contributed by atoms with Crippen LogP contribution in [0.1, 0.15) is 21.7 Å². The van der Waals surface area contributed by atoms with Crippen LogP contribution in [0.2, 0.25) is 5.02 Å². The van der Waals surface area contributed by atoms with Gasteiger partial charge < -0.3 is 14.1 Å². The van der Waals surface area contributed by atoms with E-state index in [-0.39, 0.29) is 5.91 Å². The fraction of sp³-hybridized carbons (Fsp3) is 0.150.